The Hall–Kier alpha value is -0.870. The molecule has 0 radical (unpaired) electrons. The molecule has 1 aliphatic rings. The Morgan fingerprint density at radius 2 is 2.22 bits per heavy atom. The van der Waals surface area contributed by atoms with E-state index in [0.29, 0.717) is 12.1 Å². The van der Waals surface area contributed by atoms with Crippen LogP contribution in [0.25, 0.3) is 0 Å². The molecule has 102 valence electrons. The van der Waals surface area contributed by atoms with Crippen LogP contribution in [0.1, 0.15) is 44.5 Å². The Bertz CT molecular complexity index is 385. The maximum atomic E-state index is 5.91. The van der Waals surface area contributed by atoms with Crippen molar-refractivity contribution < 1.29 is 0 Å². The lowest BCUT2D eigenvalue weighted by atomic mass is 9.96. The SMILES string of the molecule is CCc1cc(CN2C(C)CCCC2CN)n(C)n1. The molecule has 0 amide bonds. The quantitative estimate of drug-likeness (QED) is 0.884. The van der Waals surface area contributed by atoms with Gasteiger partial charge in [-0.1, -0.05) is 13.3 Å². The van der Waals surface area contributed by atoms with E-state index in [1.807, 2.05) is 11.7 Å². The molecular formula is C14H26N4. The normalized spacial score (nSPS) is 25.6. The molecule has 2 N–H and O–H groups in total. The molecule has 2 atom stereocenters. The lowest BCUT2D eigenvalue weighted by Gasteiger charge is -2.40. The molecule has 2 heterocycles. The minimum atomic E-state index is 0.536. The van der Waals surface area contributed by atoms with Gasteiger partial charge < -0.3 is 5.73 Å². The van der Waals surface area contributed by atoms with Crippen molar-refractivity contribution >= 4 is 0 Å². The number of likely N-dealkylation sites (tertiary alicyclic amines) is 1. The van der Waals surface area contributed by atoms with E-state index in [9.17, 15) is 0 Å². The predicted octanol–water partition coefficient (Wildman–Crippen LogP) is 1.68. The monoisotopic (exact) mass is 250 g/mol. The van der Waals surface area contributed by atoms with Crippen molar-refractivity contribution in [3.05, 3.63) is 17.5 Å². The van der Waals surface area contributed by atoms with Crippen LogP contribution in [-0.4, -0.2) is 33.3 Å². The van der Waals surface area contributed by atoms with E-state index >= 15 is 0 Å². The summed E-state index contributed by atoms with van der Waals surface area (Å²) in [6, 6.07) is 3.40. The van der Waals surface area contributed by atoms with Crippen molar-refractivity contribution in [1.82, 2.24) is 14.7 Å². The van der Waals surface area contributed by atoms with Crippen LogP contribution < -0.4 is 5.73 Å². The molecule has 0 aliphatic carbocycles. The molecule has 0 saturated carbocycles. The van der Waals surface area contributed by atoms with Crippen LogP contribution >= 0.6 is 0 Å². The maximum absolute atomic E-state index is 5.91. The average Bonchev–Trinajstić information content (AvgIpc) is 2.73. The van der Waals surface area contributed by atoms with E-state index < -0.39 is 0 Å². The lowest BCUT2D eigenvalue weighted by Crippen LogP contribution is -2.48. The summed E-state index contributed by atoms with van der Waals surface area (Å²) in [5, 5.41) is 4.53. The van der Waals surface area contributed by atoms with Crippen LogP contribution in [0.3, 0.4) is 0 Å². The smallest absolute Gasteiger partial charge is 0.0625 e. The van der Waals surface area contributed by atoms with Gasteiger partial charge in [0.25, 0.3) is 0 Å². The molecule has 1 fully saturated rings. The molecule has 2 rings (SSSR count). The van der Waals surface area contributed by atoms with Crippen molar-refractivity contribution in [2.24, 2.45) is 12.8 Å². The first-order chi connectivity index (χ1) is 8.65. The number of aromatic nitrogens is 2. The van der Waals surface area contributed by atoms with E-state index in [0.717, 1.165) is 19.5 Å². The number of hydrogen-bond donors (Lipinski definition) is 1. The molecule has 1 aliphatic heterocycles. The van der Waals surface area contributed by atoms with Gasteiger partial charge in [0.05, 0.1) is 11.4 Å². The van der Waals surface area contributed by atoms with E-state index in [4.69, 9.17) is 5.73 Å². The molecule has 4 heteroatoms. The summed E-state index contributed by atoms with van der Waals surface area (Å²) in [4.78, 5) is 2.56. The first-order valence-corrected chi connectivity index (χ1v) is 7.13. The number of hydrogen-bond acceptors (Lipinski definition) is 3. The summed E-state index contributed by atoms with van der Waals surface area (Å²) in [7, 11) is 2.04. The topological polar surface area (TPSA) is 47.1 Å². The van der Waals surface area contributed by atoms with Crippen LogP contribution in [-0.2, 0) is 20.0 Å². The summed E-state index contributed by atoms with van der Waals surface area (Å²) in [5.74, 6) is 0. The maximum Gasteiger partial charge on any atom is 0.0625 e. The van der Waals surface area contributed by atoms with E-state index in [1.165, 1.54) is 30.7 Å². The molecule has 2 unspecified atom stereocenters. The molecule has 1 aromatic rings. The van der Waals surface area contributed by atoms with Gasteiger partial charge in [-0.3, -0.25) is 9.58 Å². The van der Waals surface area contributed by atoms with Gasteiger partial charge in [-0.15, -0.1) is 0 Å². The van der Waals surface area contributed by atoms with E-state index in [-0.39, 0.29) is 0 Å². The molecule has 4 nitrogen and oxygen atoms in total. The van der Waals surface area contributed by atoms with Crippen molar-refractivity contribution in [2.45, 2.75) is 58.2 Å². The third-order valence-corrected chi connectivity index (χ3v) is 4.20. The van der Waals surface area contributed by atoms with Crippen molar-refractivity contribution in [3.8, 4) is 0 Å². The first-order valence-electron chi connectivity index (χ1n) is 7.13. The van der Waals surface area contributed by atoms with Gasteiger partial charge in [-0.25, -0.2) is 0 Å². The Labute approximate surface area is 110 Å². The van der Waals surface area contributed by atoms with Crippen LogP contribution in [0.2, 0.25) is 0 Å². The van der Waals surface area contributed by atoms with Crippen LogP contribution in [0.5, 0.6) is 0 Å². The molecule has 0 aromatic carbocycles. The molecule has 1 saturated heterocycles. The average molecular weight is 250 g/mol. The fourth-order valence-corrected chi connectivity index (χ4v) is 2.96. The van der Waals surface area contributed by atoms with Crippen LogP contribution in [0.4, 0.5) is 0 Å². The van der Waals surface area contributed by atoms with Crippen molar-refractivity contribution in [1.29, 1.82) is 0 Å². The second-order valence-electron chi connectivity index (χ2n) is 5.45. The van der Waals surface area contributed by atoms with Crippen molar-refractivity contribution in [2.75, 3.05) is 6.54 Å². The predicted molar refractivity (Wildman–Crippen MR) is 74.3 cm³/mol. The molecule has 0 bridgehead atoms. The van der Waals surface area contributed by atoms with Gasteiger partial charge in [0.15, 0.2) is 0 Å². The highest BCUT2D eigenvalue weighted by molar-refractivity contribution is 5.10. The van der Waals surface area contributed by atoms with Gasteiger partial charge in [0.1, 0.15) is 0 Å². The zero-order chi connectivity index (χ0) is 13.1. The Balaban J connectivity index is 2.12. The highest BCUT2D eigenvalue weighted by atomic mass is 15.3. The lowest BCUT2D eigenvalue weighted by molar-refractivity contribution is 0.0865. The van der Waals surface area contributed by atoms with Crippen LogP contribution in [0.15, 0.2) is 6.07 Å². The molecule has 1 aromatic heterocycles. The Morgan fingerprint density at radius 1 is 1.44 bits per heavy atom. The summed E-state index contributed by atoms with van der Waals surface area (Å²) in [5.41, 5.74) is 8.40. The fourth-order valence-electron chi connectivity index (χ4n) is 2.96. The summed E-state index contributed by atoms with van der Waals surface area (Å²) in [6.07, 6.45) is 4.84. The van der Waals surface area contributed by atoms with Gasteiger partial charge in [0, 0.05) is 32.2 Å². The van der Waals surface area contributed by atoms with Gasteiger partial charge >= 0.3 is 0 Å². The Morgan fingerprint density at radius 3 is 2.83 bits per heavy atom. The zero-order valence-electron chi connectivity index (χ0n) is 11.9. The molecule has 18 heavy (non-hydrogen) atoms. The number of aryl methyl sites for hydroxylation is 2. The molecule has 0 spiro atoms. The van der Waals surface area contributed by atoms with Gasteiger partial charge in [-0.2, -0.15) is 5.10 Å². The van der Waals surface area contributed by atoms with E-state index in [2.05, 4.69) is 29.9 Å². The highest BCUT2D eigenvalue weighted by Gasteiger charge is 2.27. The minimum Gasteiger partial charge on any atom is -0.329 e. The second kappa shape index (κ2) is 5.85. The summed E-state index contributed by atoms with van der Waals surface area (Å²) < 4.78 is 2.02. The van der Waals surface area contributed by atoms with Gasteiger partial charge in [-0.05, 0) is 32.3 Å². The number of nitrogens with two attached hydrogens (primary N) is 1. The van der Waals surface area contributed by atoms with Crippen LogP contribution in [0, 0.1) is 0 Å². The first kappa shape index (κ1) is 13.6. The minimum absolute atomic E-state index is 0.536. The summed E-state index contributed by atoms with van der Waals surface area (Å²) in [6.45, 7) is 6.21. The largest absolute Gasteiger partial charge is 0.329 e. The number of piperidine rings is 1. The third kappa shape index (κ3) is 2.75. The second-order valence-corrected chi connectivity index (χ2v) is 5.45. The summed E-state index contributed by atoms with van der Waals surface area (Å²) >= 11 is 0. The highest BCUT2D eigenvalue weighted by Crippen LogP contribution is 2.24. The van der Waals surface area contributed by atoms with Gasteiger partial charge in [0.2, 0.25) is 0 Å². The fraction of sp³-hybridized carbons (Fsp3) is 0.786. The third-order valence-electron chi connectivity index (χ3n) is 4.20. The zero-order valence-corrected chi connectivity index (χ0v) is 11.9. The van der Waals surface area contributed by atoms with Crippen molar-refractivity contribution in [3.63, 3.8) is 0 Å². The number of rotatable bonds is 4. The Kier molecular flexibility index (Phi) is 4.40. The standard InChI is InChI=1S/C14H26N4/c1-4-12-8-14(17(3)16-12)10-18-11(2)6-5-7-13(18)9-15/h8,11,13H,4-7,9-10,15H2,1-3H3. The molecular weight excluding hydrogens is 224 g/mol. The number of nitrogens with zero attached hydrogens (tertiary/aromatic N) is 3. The van der Waals surface area contributed by atoms with E-state index in [1.54, 1.807) is 0 Å².